The van der Waals surface area contributed by atoms with Gasteiger partial charge in [-0.05, 0) is 25.0 Å². The van der Waals surface area contributed by atoms with Crippen LogP contribution in [0.25, 0.3) is 0 Å². The molecular formula is C17H21ClN2O4. The van der Waals surface area contributed by atoms with E-state index in [0.29, 0.717) is 12.8 Å². The topological polar surface area (TPSA) is 90.6 Å². The van der Waals surface area contributed by atoms with Crippen molar-refractivity contribution in [2.24, 2.45) is 5.73 Å². The lowest BCUT2D eigenvalue weighted by Crippen LogP contribution is -2.46. The van der Waals surface area contributed by atoms with Gasteiger partial charge < -0.3 is 20.5 Å². The molecule has 1 aromatic rings. The normalized spacial score (nSPS) is 10.6. The molecular weight excluding hydrogens is 332 g/mol. The average molecular weight is 353 g/mol. The van der Waals surface area contributed by atoms with Crippen molar-refractivity contribution in [2.45, 2.75) is 32.2 Å². The molecule has 0 aliphatic carbocycles. The maximum absolute atomic E-state index is 12.5. The molecule has 0 unspecified atom stereocenters. The Kier molecular flexibility index (Phi) is 6.93. The zero-order chi connectivity index (χ0) is 18.3. The van der Waals surface area contributed by atoms with Crippen molar-refractivity contribution in [1.82, 2.24) is 5.32 Å². The third kappa shape index (κ3) is 4.56. The monoisotopic (exact) mass is 352 g/mol. The Morgan fingerprint density at radius 3 is 2.46 bits per heavy atom. The summed E-state index contributed by atoms with van der Waals surface area (Å²) in [5.74, 6) is 1.96. The first-order chi connectivity index (χ1) is 11.3. The van der Waals surface area contributed by atoms with Crippen LogP contribution in [0.15, 0.2) is 12.1 Å². The summed E-state index contributed by atoms with van der Waals surface area (Å²) >= 11 is 6.14. The van der Waals surface area contributed by atoms with Gasteiger partial charge in [-0.1, -0.05) is 31.4 Å². The van der Waals surface area contributed by atoms with E-state index in [2.05, 4.69) is 11.2 Å². The third-order valence-corrected chi connectivity index (χ3v) is 3.97. The number of terminal acetylenes is 1. The van der Waals surface area contributed by atoms with E-state index in [0.717, 1.165) is 0 Å². The van der Waals surface area contributed by atoms with Gasteiger partial charge in [0.1, 0.15) is 5.54 Å². The van der Waals surface area contributed by atoms with Gasteiger partial charge in [-0.15, -0.1) is 6.42 Å². The smallest absolute Gasteiger partial charge is 0.255 e. The summed E-state index contributed by atoms with van der Waals surface area (Å²) in [6.07, 6.45) is 6.74. The van der Waals surface area contributed by atoms with Gasteiger partial charge in [-0.2, -0.15) is 0 Å². The molecule has 7 heteroatoms. The molecule has 0 spiro atoms. The van der Waals surface area contributed by atoms with E-state index >= 15 is 0 Å². The zero-order valence-corrected chi connectivity index (χ0v) is 14.7. The third-order valence-electron chi connectivity index (χ3n) is 3.69. The van der Waals surface area contributed by atoms with E-state index < -0.39 is 11.4 Å². The summed E-state index contributed by atoms with van der Waals surface area (Å²) in [5, 5.41) is 2.96. The second-order valence-electron chi connectivity index (χ2n) is 5.13. The Morgan fingerprint density at radius 1 is 1.38 bits per heavy atom. The van der Waals surface area contributed by atoms with E-state index in [1.54, 1.807) is 0 Å². The molecule has 0 heterocycles. The van der Waals surface area contributed by atoms with Crippen LogP contribution in [0.3, 0.4) is 0 Å². The molecule has 1 aromatic carbocycles. The number of hydrogen-bond acceptors (Lipinski definition) is 4. The lowest BCUT2D eigenvalue weighted by atomic mass is 9.93. The maximum Gasteiger partial charge on any atom is 0.255 e. The van der Waals surface area contributed by atoms with Gasteiger partial charge in [0.15, 0.2) is 18.1 Å². The minimum Gasteiger partial charge on any atom is -0.493 e. The molecule has 0 saturated heterocycles. The Bertz CT molecular complexity index is 663. The standard InChI is InChI=1S/C17H21ClN2O4/c1-5-17(6-2,7-3)20-16(22)11-8-12(18)15(13(9-11)23-4)24-10-14(19)21/h1,8-9H,6-7,10H2,2-4H3,(H2,19,21)(H,20,22). The maximum atomic E-state index is 12.5. The fourth-order valence-corrected chi connectivity index (χ4v) is 2.36. The molecule has 0 aromatic heterocycles. The van der Waals surface area contributed by atoms with Crippen LogP contribution in [-0.2, 0) is 4.79 Å². The van der Waals surface area contributed by atoms with Gasteiger partial charge in [-0.25, -0.2) is 0 Å². The van der Waals surface area contributed by atoms with Crippen LogP contribution in [0.1, 0.15) is 37.0 Å². The summed E-state index contributed by atoms with van der Waals surface area (Å²) in [7, 11) is 1.40. The van der Waals surface area contributed by atoms with Crippen LogP contribution in [0.5, 0.6) is 11.5 Å². The quantitative estimate of drug-likeness (QED) is 0.701. The van der Waals surface area contributed by atoms with Crippen molar-refractivity contribution in [3.05, 3.63) is 22.7 Å². The van der Waals surface area contributed by atoms with Crippen LogP contribution in [0.2, 0.25) is 5.02 Å². The highest BCUT2D eigenvalue weighted by molar-refractivity contribution is 6.32. The summed E-state index contributed by atoms with van der Waals surface area (Å²) in [6.45, 7) is 3.45. The number of carbonyl (C=O) groups excluding carboxylic acids is 2. The van der Waals surface area contributed by atoms with Crippen LogP contribution in [-0.4, -0.2) is 31.1 Å². The van der Waals surface area contributed by atoms with Crippen LogP contribution in [0.4, 0.5) is 0 Å². The van der Waals surface area contributed by atoms with E-state index in [9.17, 15) is 9.59 Å². The van der Waals surface area contributed by atoms with Crippen molar-refractivity contribution in [3.63, 3.8) is 0 Å². The molecule has 130 valence electrons. The first-order valence-corrected chi connectivity index (χ1v) is 7.79. The number of amides is 2. The van der Waals surface area contributed by atoms with Gasteiger partial charge in [-0.3, -0.25) is 9.59 Å². The molecule has 0 aliphatic rings. The Morgan fingerprint density at radius 2 is 2.00 bits per heavy atom. The number of methoxy groups -OCH3 is 1. The molecule has 0 aliphatic heterocycles. The summed E-state index contributed by atoms with van der Waals surface area (Å²) < 4.78 is 10.4. The molecule has 3 N–H and O–H groups in total. The van der Waals surface area contributed by atoms with Crippen LogP contribution in [0, 0.1) is 12.3 Å². The van der Waals surface area contributed by atoms with Crippen molar-refractivity contribution >= 4 is 23.4 Å². The largest absolute Gasteiger partial charge is 0.493 e. The van der Waals surface area contributed by atoms with Crippen LogP contribution < -0.4 is 20.5 Å². The van der Waals surface area contributed by atoms with Gasteiger partial charge in [0.25, 0.3) is 11.8 Å². The Balaban J connectivity index is 3.13. The summed E-state index contributed by atoms with van der Waals surface area (Å²) in [4.78, 5) is 23.3. The number of primary amides is 1. The van der Waals surface area contributed by atoms with E-state index in [1.165, 1.54) is 19.2 Å². The molecule has 0 saturated carbocycles. The molecule has 0 fully saturated rings. The zero-order valence-electron chi connectivity index (χ0n) is 13.9. The number of carbonyl (C=O) groups is 2. The number of benzene rings is 1. The van der Waals surface area contributed by atoms with Gasteiger partial charge >= 0.3 is 0 Å². The summed E-state index contributed by atoms with van der Waals surface area (Å²) in [5.41, 5.74) is 4.59. The van der Waals surface area contributed by atoms with Gasteiger partial charge in [0.2, 0.25) is 0 Å². The van der Waals surface area contributed by atoms with Crippen LogP contribution >= 0.6 is 11.6 Å². The average Bonchev–Trinajstić information content (AvgIpc) is 2.57. The number of rotatable bonds is 8. The molecule has 24 heavy (non-hydrogen) atoms. The number of nitrogens with two attached hydrogens (primary N) is 1. The number of ether oxygens (including phenoxy) is 2. The predicted octanol–water partition coefficient (Wildman–Crippen LogP) is 2.13. The SMILES string of the molecule is C#CC(CC)(CC)NC(=O)c1cc(Cl)c(OCC(N)=O)c(OC)c1. The number of halogens is 1. The fourth-order valence-electron chi connectivity index (χ4n) is 2.09. The number of nitrogens with one attached hydrogen (secondary N) is 1. The highest BCUT2D eigenvalue weighted by atomic mass is 35.5. The molecule has 0 atom stereocenters. The number of hydrogen-bond donors (Lipinski definition) is 2. The molecule has 2 amide bonds. The van der Waals surface area contributed by atoms with Crippen molar-refractivity contribution in [3.8, 4) is 23.8 Å². The van der Waals surface area contributed by atoms with Crippen molar-refractivity contribution < 1.29 is 19.1 Å². The summed E-state index contributed by atoms with van der Waals surface area (Å²) in [6, 6.07) is 2.88. The first-order valence-electron chi connectivity index (χ1n) is 7.41. The molecule has 1 rings (SSSR count). The predicted molar refractivity (Wildman–Crippen MR) is 92.3 cm³/mol. The molecule has 0 radical (unpaired) electrons. The lowest BCUT2D eigenvalue weighted by molar-refractivity contribution is -0.119. The van der Waals surface area contributed by atoms with Crippen molar-refractivity contribution in [2.75, 3.05) is 13.7 Å². The first kappa shape index (κ1) is 19.7. The van der Waals surface area contributed by atoms with E-state index in [-0.39, 0.29) is 34.6 Å². The van der Waals surface area contributed by atoms with Gasteiger partial charge in [0, 0.05) is 5.56 Å². The molecule has 6 nitrogen and oxygen atoms in total. The minimum atomic E-state index is -0.724. The lowest BCUT2D eigenvalue weighted by Gasteiger charge is -2.27. The second-order valence-corrected chi connectivity index (χ2v) is 5.54. The van der Waals surface area contributed by atoms with Crippen molar-refractivity contribution in [1.29, 1.82) is 0 Å². The Hall–Kier alpha value is -2.39. The minimum absolute atomic E-state index is 0.125. The molecule has 0 bridgehead atoms. The van der Waals surface area contributed by atoms with Gasteiger partial charge in [0.05, 0.1) is 12.1 Å². The highest BCUT2D eigenvalue weighted by Crippen LogP contribution is 2.36. The Labute approximate surface area is 146 Å². The van der Waals surface area contributed by atoms with E-state index in [4.69, 9.17) is 33.2 Å². The highest BCUT2D eigenvalue weighted by Gasteiger charge is 2.27. The second kappa shape index (κ2) is 8.46. The van der Waals surface area contributed by atoms with E-state index in [1.807, 2.05) is 13.8 Å². The fraction of sp³-hybridized carbons (Fsp3) is 0.412.